The van der Waals surface area contributed by atoms with Crippen molar-refractivity contribution in [2.75, 3.05) is 18.9 Å². The lowest BCUT2D eigenvalue weighted by atomic mass is 10.1. The first kappa shape index (κ1) is 13.4. The van der Waals surface area contributed by atoms with Gasteiger partial charge in [-0.2, -0.15) is 0 Å². The molecule has 0 fully saturated rings. The average Bonchev–Trinajstić information content (AvgIpc) is 2.67. The fraction of sp³-hybridized carbons (Fsp3) is 0.188. The molecule has 0 atom stereocenters. The van der Waals surface area contributed by atoms with Gasteiger partial charge in [-0.25, -0.2) is 4.39 Å². The van der Waals surface area contributed by atoms with Gasteiger partial charge in [0.15, 0.2) is 0 Å². The van der Waals surface area contributed by atoms with Gasteiger partial charge in [0.05, 0.1) is 6.54 Å². The normalized spacial score (nSPS) is 14.0. The highest BCUT2D eigenvalue weighted by molar-refractivity contribution is 5.95. The molecule has 21 heavy (non-hydrogen) atoms. The minimum atomic E-state index is -0.509. The number of hydrogen-bond donors (Lipinski definition) is 1. The molecule has 108 valence electrons. The van der Waals surface area contributed by atoms with Gasteiger partial charge in [0.25, 0.3) is 5.91 Å². The molecular weight excluding hydrogens is 271 g/mol. The molecule has 1 aliphatic rings. The molecule has 1 aliphatic heterocycles. The zero-order valence-corrected chi connectivity index (χ0v) is 11.4. The van der Waals surface area contributed by atoms with Crippen LogP contribution in [-0.2, 0) is 6.54 Å². The third kappa shape index (κ3) is 2.81. The van der Waals surface area contributed by atoms with Crippen LogP contribution in [0.25, 0.3) is 0 Å². The third-order valence-corrected chi connectivity index (χ3v) is 3.41. The molecule has 4 nitrogen and oxygen atoms in total. The Hall–Kier alpha value is -2.56. The first-order valence-electron chi connectivity index (χ1n) is 6.69. The molecule has 0 radical (unpaired) electrons. The molecular formula is C16H15FN2O2. The number of hydrogen-bond acceptors (Lipinski definition) is 3. The number of benzene rings is 2. The van der Waals surface area contributed by atoms with Gasteiger partial charge < -0.3 is 15.4 Å². The Morgan fingerprint density at radius 2 is 2.05 bits per heavy atom. The Labute approximate surface area is 121 Å². The molecule has 0 aliphatic carbocycles. The third-order valence-electron chi connectivity index (χ3n) is 3.41. The van der Waals surface area contributed by atoms with Crippen LogP contribution in [0.15, 0.2) is 42.5 Å². The van der Waals surface area contributed by atoms with Crippen LogP contribution in [0.2, 0.25) is 0 Å². The number of anilines is 1. The Kier molecular flexibility index (Phi) is 3.48. The maximum Gasteiger partial charge on any atom is 0.254 e. The summed E-state index contributed by atoms with van der Waals surface area (Å²) < 4.78 is 19.0. The van der Waals surface area contributed by atoms with Crippen LogP contribution in [-0.4, -0.2) is 24.0 Å². The molecule has 3 rings (SSSR count). The summed E-state index contributed by atoms with van der Waals surface area (Å²) in [6.45, 7) is 1.29. The molecule has 2 N–H and O–H groups in total. The van der Waals surface area contributed by atoms with Gasteiger partial charge >= 0.3 is 0 Å². The van der Waals surface area contributed by atoms with Gasteiger partial charge in [-0.1, -0.05) is 18.2 Å². The summed E-state index contributed by atoms with van der Waals surface area (Å²) in [4.78, 5) is 14.2. The summed E-state index contributed by atoms with van der Waals surface area (Å²) in [6, 6.07) is 11.5. The van der Waals surface area contributed by atoms with Gasteiger partial charge in [-0.15, -0.1) is 0 Å². The van der Waals surface area contributed by atoms with Crippen molar-refractivity contribution in [2.45, 2.75) is 6.54 Å². The highest BCUT2D eigenvalue weighted by Crippen LogP contribution is 2.23. The number of amides is 1. The average molecular weight is 286 g/mol. The van der Waals surface area contributed by atoms with Crippen molar-refractivity contribution in [1.82, 2.24) is 4.90 Å². The van der Waals surface area contributed by atoms with E-state index < -0.39 is 5.82 Å². The van der Waals surface area contributed by atoms with E-state index in [4.69, 9.17) is 10.5 Å². The number of nitrogens with zero attached hydrogens (tertiary/aromatic N) is 1. The van der Waals surface area contributed by atoms with E-state index in [0.717, 1.165) is 11.3 Å². The van der Waals surface area contributed by atoms with Crippen LogP contribution in [0.5, 0.6) is 5.75 Å². The number of fused-ring (bicyclic) bond motifs is 1. The van der Waals surface area contributed by atoms with E-state index in [1.54, 1.807) is 4.90 Å². The maximum atomic E-state index is 13.4. The number of carbonyl (C=O) groups is 1. The second-order valence-corrected chi connectivity index (χ2v) is 4.96. The quantitative estimate of drug-likeness (QED) is 0.819. The van der Waals surface area contributed by atoms with Crippen molar-refractivity contribution in [1.29, 1.82) is 0 Å². The highest BCUT2D eigenvalue weighted by atomic mass is 19.1. The molecule has 0 saturated heterocycles. The van der Waals surface area contributed by atoms with Crippen molar-refractivity contribution in [3.8, 4) is 5.75 Å². The van der Waals surface area contributed by atoms with Crippen molar-refractivity contribution in [3.05, 3.63) is 59.4 Å². The van der Waals surface area contributed by atoms with E-state index in [2.05, 4.69) is 0 Å². The molecule has 1 heterocycles. The highest BCUT2D eigenvalue weighted by Gasteiger charge is 2.21. The van der Waals surface area contributed by atoms with Crippen LogP contribution in [0.3, 0.4) is 0 Å². The minimum Gasteiger partial charge on any atom is -0.491 e. The topological polar surface area (TPSA) is 55.6 Å². The van der Waals surface area contributed by atoms with Crippen LogP contribution >= 0.6 is 0 Å². The largest absolute Gasteiger partial charge is 0.491 e. The Balaban J connectivity index is 1.88. The first-order chi connectivity index (χ1) is 10.1. The second-order valence-electron chi connectivity index (χ2n) is 4.96. The molecule has 2 aromatic rings. The van der Waals surface area contributed by atoms with Gasteiger partial charge in [0.2, 0.25) is 0 Å². The van der Waals surface area contributed by atoms with E-state index in [1.165, 1.54) is 18.2 Å². The molecule has 0 bridgehead atoms. The van der Waals surface area contributed by atoms with Gasteiger partial charge in [-0.3, -0.25) is 4.79 Å². The molecule has 0 spiro atoms. The zero-order chi connectivity index (χ0) is 14.8. The van der Waals surface area contributed by atoms with E-state index in [0.29, 0.717) is 19.7 Å². The zero-order valence-electron chi connectivity index (χ0n) is 11.4. The van der Waals surface area contributed by atoms with Gasteiger partial charge in [0, 0.05) is 23.4 Å². The molecule has 0 saturated carbocycles. The lowest BCUT2D eigenvalue weighted by Gasteiger charge is -2.20. The first-order valence-corrected chi connectivity index (χ1v) is 6.69. The molecule has 0 unspecified atom stereocenters. The lowest BCUT2D eigenvalue weighted by molar-refractivity contribution is 0.0733. The minimum absolute atomic E-state index is 0.241. The van der Waals surface area contributed by atoms with Crippen molar-refractivity contribution in [3.63, 3.8) is 0 Å². The number of halogens is 1. The van der Waals surface area contributed by atoms with E-state index in [9.17, 15) is 9.18 Å². The fourth-order valence-electron chi connectivity index (χ4n) is 2.42. The Morgan fingerprint density at radius 1 is 1.24 bits per heavy atom. The number of nitrogen functional groups attached to an aromatic ring is 1. The summed E-state index contributed by atoms with van der Waals surface area (Å²) in [5.41, 5.74) is 7.03. The van der Waals surface area contributed by atoms with E-state index in [1.807, 2.05) is 24.3 Å². The van der Waals surface area contributed by atoms with Crippen molar-refractivity contribution < 1.29 is 13.9 Å². The number of carbonyl (C=O) groups excluding carboxylic acids is 1. The smallest absolute Gasteiger partial charge is 0.254 e. The Bertz CT molecular complexity index is 667. The SMILES string of the molecule is Nc1cc(F)cc(C(=O)N2CCOc3ccccc3C2)c1. The van der Waals surface area contributed by atoms with Crippen LogP contribution in [0.1, 0.15) is 15.9 Å². The summed E-state index contributed by atoms with van der Waals surface area (Å²) >= 11 is 0. The van der Waals surface area contributed by atoms with Gasteiger partial charge in [-0.05, 0) is 24.3 Å². The number of nitrogens with two attached hydrogens (primary N) is 1. The molecule has 2 aromatic carbocycles. The van der Waals surface area contributed by atoms with Crippen molar-refractivity contribution >= 4 is 11.6 Å². The molecule has 1 amide bonds. The lowest BCUT2D eigenvalue weighted by Crippen LogP contribution is -2.32. The van der Waals surface area contributed by atoms with Crippen LogP contribution in [0.4, 0.5) is 10.1 Å². The summed E-state index contributed by atoms with van der Waals surface area (Å²) in [6.07, 6.45) is 0. The second kappa shape index (κ2) is 5.44. The molecule has 5 heteroatoms. The maximum absolute atomic E-state index is 13.4. The predicted octanol–water partition coefficient (Wildman–Crippen LogP) is 2.44. The van der Waals surface area contributed by atoms with E-state index >= 15 is 0 Å². The van der Waals surface area contributed by atoms with Crippen LogP contribution in [0, 0.1) is 5.82 Å². The fourth-order valence-corrected chi connectivity index (χ4v) is 2.42. The number of rotatable bonds is 1. The predicted molar refractivity (Wildman–Crippen MR) is 77.5 cm³/mol. The van der Waals surface area contributed by atoms with E-state index in [-0.39, 0.29) is 17.2 Å². The van der Waals surface area contributed by atoms with Crippen molar-refractivity contribution in [2.24, 2.45) is 0 Å². The number of ether oxygens (including phenoxy) is 1. The Morgan fingerprint density at radius 3 is 2.86 bits per heavy atom. The summed E-state index contributed by atoms with van der Waals surface area (Å²) in [5.74, 6) is 0.0258. The summed E-state index contributed by atoms with van der Waals surface area (Å²) in [5, 5.41) is 0. The molecule has 0 aromatic heterocycles. The summed E-state index contributed by atoms with van der Waals surface area (Å²) in [7, 11) is 0. The number of para-hydroxylation sites is 1. The standard InChI is InChI=1S/C16H15FN2O2/c17-13-7-12(8-14(18)9-13)16(20)19-5-6-21-15-4-2-1-3-11(15)10-19/h1-4,7-9H,5-6,10,18H2. The van der Waals surface area contributed by atoms with Gasteiger partial charge in [0.1, 0.15) is 18.2 Å². The van der Waals surface area contributed by atoms with Crippen LogP contribution < -0.4 is 10.5 Å². The monoisotopic (exact) mass is 286 g/mol.